The van der Waals surface area contributed by atoms with Crippen LogP contribution < -0.4 is 5.32 Å². The summed E-state index contributed by atoms with van der Waals surface area (Å²) in [6, 6.07) is 9.36. The first kappa shape index (κ1) is 14.9. The van der Waals surface area contributed by atoms with Gasteiger partial charge < -0.3 is 5.32 Å². The van der Waals surface area contributed by atoms with E-state index in [-0.39, 0.29) is 0 Å². The topological polar surface area (TPSA) is 76.9 Å². The molecule has 0 saturated heterocycles. The highest BCUT2D eigenvalue weighted by molar-refractivity contribution is 6.47. The summed E-state index contributed by atoms with van der Waals surface area (Å²) in [6.45, 7) is 3.48. The van der Waals surface area contributed by atoms with Crippen LogP contribution in [0.3, 0.4) is 0 Å². The van der Waals surface area contributed by atoms with E-state index < -0.39 is 11.7 Å². The number of carbonyl (C=O) groups excluding carboxylic acids is 2. The molecule has 2 heterocycles. The number of rotatable bonds is 3. The largest absolute Gasteiger partial charge is 0.318 e. The van der Waals surface area contributed by atoms with Gasteiger partial charge in [0.1, 0.15) is 0 Å². The second kappa shape index (κ2) is 5.64. The molecule has 0 spiro atoms. The lowest BCUT2D eigenvalue weighted by Gasteiger charge is -2.06. The maximum atomic E-state index is 12.4. The smallest absolute Gasteiger partial charge is 0.296 e. The third kappa shape index (κ3) is 2.70. The molecule has 1 N–H and O–H groups in total. The highest BCUT2D eigenvalue weighted by Crippen LogP contribution is 2.17. The molecule has 6 nitrogen and oxygen atoms in total. The van der Waals surface area contributed by atoms with Crippen molar-refractivity contribution >= 4 is 28.3 Å². The van der Waals surface area contributed by atoms with E-state index in [2.05, 4.69) is 15.4 Å². The molecule has 0 saturated carbocycles. The summed E-state index contributed by atoms with van der Waals surface area (Å²) >= 11 is 0. The second-order valence-electron chi connectivity index (χ2n) is 5.37. The van der Waals surface area contributed by atoms with Crippen molar-refractivity contribution in [2.45, 2.75) is 13.8 Å². The minimum atomic E-state index is -0.693. The SMILES string of the molecule is Cc1nn(C)c(C)c1C(=O)C(=O)Nc1cnc2ccccc2c1. The lowest BCUT2D eigenvalue weighted by molar-refractivity contribution is -0.112. The highest BCUT2D eigenvalue weighted by Gasteiger charge is 2.24. The average molecular weight is 308 g/mol. The number of aromatic nitrogens is 3. The minimum Gasteiger partial charge on any atom is -0.318 e. The monoisotopic (exact) mass is 308 g/mol. The van der Waals surface area contributed by atoms with Crippen LogP contribution in [0.15, 0.2) is 36.5 Å². The van der Waals surface area contributed by atoms with E-state index in [0.717, 1.165) is 10.9 Å². The molecule has 0 aliphatic heterocycles. The maximum absolute atomic E-state index is 12.4. The highest BCUT2D eigenvalue weighted by atomic mass is 16.2. The van der Waals surface area contributed by atoms with Crippen LogP contribution in [0.25, 0.3) is 10.9 Å². The lowest BCUT2D eigenvalue weighted by atomic mass is 10.1. The van der Waals surface area contributed by atoms with E-state index in [1.54, 1.807) is 31.6 Å². The Morgan fingerprint density at radius 3 is 2.61 bits per heavy atom. The van der Waals surface area contributed by atoms with Gasteiger partial charge in [-0.3, -0.25) is 19.3 Å². The summed E-state index contributed by atoms with van der Waals surface area (Å²) < 4.78 is 1.59. The number of ketones is 1. The predicted molar refractivity (Wildman–Crippen MR) is 87.4 cm³/mol. The first-order chi connectivity index (χ1) is 11.0. The number of aryl methyl sites for hydroxylation is 2. The van der Waals surface area contributed by atoms with Gasteiger partial charge in [0.15, 0.2) is 0 Å². The summed E-state index contributed by atoms with van der Waals surface area (Å²) in [4.78, 5) is 28.9. The van der Waals surface area contributed by atoms with Gasteiger partial charge in [-0.2, -0.15) is 5.10 Å². The number of nitrogens with one attached hydrogen (secondary N) is 1. The quantitative estimate of drug-likeness (QED) is 0.595. The molecule has 23 heavy (non-hydrogen) atoms. The molecule has 1 aromatic carbocycles. The Balaban J connectivity index is 1.86. The first-order valence-electron chi connectivity index (χ1n) is 7.18. The number of hydrogen-bond donors (Lipinski definition) is 1. The van der Waals surface area contributed by atoms with Crippen LogP contribution in [0.4, 0.5) is 5.69 Å². The summed E-state index contributed by atoms with van der Waals surface area (Å²) in [5.74, 6) is -1.29. The van der Waals surface area contributed by atoms with E-state index in [1.807, 2.05) is 24.3 Å². The molecule has 2 aromatic heterocycles. The van der Waals surface area contributed by atoms with Gasteiger partial charge in [0.2, 0.25) is 0 Å². The van der Waals surface area contributed by atoms with Crippen LogP contribution >= 0.6 is 0 Å². The number of fused-ring (bicyclic) bond motifs is 1. The van der Waals surface area contributed by atoms with Gasteiger partial charge in [-0.05, 0) is 26.0 Å². The number of nitrogens with zero attached hydrogens (tertiary/aromatic N) is 3. The molecule has 3 aromatic rings. The molecule has 3 rings (SSSR count). The molecule has 6 heteroatoms. The molecule has 1 amide bonds. The number of carbonyl (C=O) groups is 2. The Bertz CT molecular complexity index is 927. The van der Waals surface area contributed by atoms with Gasteiger partial charge in [0, 0.05) is 18.1 Å². The third-order valence-corrected chi connectivity index (χ3v) is 3.79. The molecule has 0 fully saturated rings. The molecule has 0 aliphatic carbocycles. The zero-order valence-electron chi connectivity index (χ0n) is 13.1. The van der Waals surface area contributed by atoms with Crippen molar-refractivity contribution in [3.63, 3.8) is 0 Å². The molecular weight excluding hydrogens is 292 g/mol. The van der Waals surface area contributed by atoms with Gasteiger partial charge >= 0.3 is 0 Å². The zero-order chi connectivity index (χ0) is 16.6. The van der Waals surface area contributed by atoms with Crippen molar-refractivity contribution in [2.75, 3.05) is 5.32 Å². The molecule has 0 unspecified atom stereocenters. The Hall–Kier alpha value is -3.02. The fraction of sp³-hybridized carbons (Fsp3) is 0.176. The molecular formula is C17H16N4O2. The van der Waals surface area contributed by atoms with Crippen LogP contribution in [0.1, 0.15) is 21.7 Å². The number of para-hydroxylation sites is 1. The van der Waals surface area contributed by atoms with Gasteiger partial charge in [-0.1, -0.05) is 18.2 Å². The van der Waals surface area contributed by atoms with E-state index >= 15 is 0 Å². The van der Waals surface area contributed by atoms with E-state index in [4.69, 9.17) is 0 Å². The maximum Gasteiger partial charge on any atom is 0.296 e. The molecule has 0 atom stereocenters. The van der Waals surface area contributed by atoms with E-state index in [0.29, 0.717) is 22.6 Å². The van der Waals surface area contributed by atoms with Crippen molar-refractivity contribution in [1.82, 2.24) is 14.8 Å². The van der Waals surface area contributed by atoms with Crippen LogP contribution in [0, 0.1) is 13.8 Å². The van der Waals surface area contributed by atoms with Crippen molar-refractivity contribution in [1.29, 1.82) is 0 Å². The Kier molecular flexibility index (Phi) is 3.65. The first-order valence-corrected chi connectivity index (χ1v) is 7.18. The molecule has 0 aliphatic rings. The van der Waals surface area contributed by atoms with Gasteiger partial charge in [0.05, 0.1) is 28.7 Å². The van der Waals surface area contributed by atoms with Crippen LogP contribution in [-0.2, 0) is 11.8 Å². The van der Waals surface area contributed by atoms with E-state index in [1.165, 1.54) is 6.20 Å². The van der Waals surface area contributed by atoms with Crippen LogP contribution in [-0.4, -0.2) is 26.5 Å². The number of amides is 1. The van der Waals surface area contributed by atoms with Crippen LogP contribution in [0.2, 0.25) is 0 Å². The average Bonchev–Trinajstić information content (AvgIpc) is 2.79. The Morgan fingerprint density at radius 2 is 1.91 bits per heavy atom. The van der Waals surface area contributed by atoms with Crippen molar-refractivity contribution < 1.29 is 9.59 Å². The van der Waals surface area contributed by atoms with Crippen molar-refractivity contribution in [3.8, 4) is 0 Å². The van der Waals surface area contributed by atoms with Gasteiger partial charge in [0.25, 0.3) is 11.7 Å². The van der Waals surface area contributed by atoms with Crippen molar-refractivity contribution in [3.05, 3.63) is 53.5 Å². The number of hydrogen-bond acceptors (Lipinski definition) is 4. The summed E-state index contributed by atoms with van der Waals surface area (Å²) in [5, 5.41) is 7.67. The standard InChI is InChI=1S/C17H16N4O2/c1-10-15(11(2)21(3)20-10)16(22)17(23)19-13-8-12-6-4-5-7-14(12)18-9-13/h4-9H,1-3H3,(H,19,23). The zero-order valence-corrected chi connectivity index (χ0v) is 13.1. The van der Waals surface area contributed by atoms with Crippen molar-refractivity contribution in [2.24, 2.45) is 7.05 Å². The number of benzene rings is 1. The van der Waals surface area contributed by atoms with Crippen LogP contribution in [0.5, 0.6) is 0 Å². The summed E-state index contributed by atoms with van der Waals surface area (Å²) in [5.41, 5.74) is 2.87. The fourth-order valence-electron chi connectivity index (χ4n) is 2.54. The minimum absolute atomic E-state index is 0.346. The summed E-state index contributed by atoms with van der Waals surface area (Å²) in [6.07, 6.45) is 1.54. The van der Waals surface area contributed by atoms with Gasteiger partial charge in [-0.15, -0.1) is 0 Å². The molecule has 0 radical (unpaired) electrons. The van der Waals surface area contributed by atoms with Gasteiger partial charge in [-0.25, -0.2) is 0 Å². The number of anilines is 1. The predicted octanol–water partition coefficient (Wildman–Crippen LogP) is 2.41. The second-order valence-corrected chi connectivity index (χ2v) is 5.37. The fourth-order valence-corrected chi connectivity index (χ4v) is 2.54. The number of pyridine rings is 1. The summed E-state index contributed by atoms with van der Waals surface area (Å²) in [7, 11) is 1.74. The third-order valence-electron chi connectivity index (χ3n) is 3.79. The van der Waals surface area contributed by atoms with E-state index in [9.17, 15) is 9.59 Å². The Morgan fingerprint density at radius 1 is 1.17 bits per heavy atom. The molecule has 0 bridgehead atoms. The lowest BCUT2D eigenvalue weighted by Crippen LogP contribution is -2.24. The number of Topliss-reactive ketones (excluding diaryl/α,β-unsaturated/α-hetero) is 1. The molecule has 116 valence electrons. The Labute approximate surface area is 133 Å². The normalized spacial score (nSPS) is 10.7.